The molecule has 2 aromatic rings. The fourth-order valence-electron chi connectivity index (χ4n) is 2.33. The topological polar surface area (TPSA) is 117 Å². The molecule has 0 bridgehead atoms. The molecule has 2 rings (SSSR count). The minimum atomic E-state index is -0.857. The number of amides is 1. The van der Waals surface area contributed by atoms with E-state index in [1.165, 1.54) is 12.1 Å². The van der Waals surface area contributed by atoms with Crippen LogP contribution in [0.15, 0.2) is 35.1 Å². The van der Waals surface area contributed by atoms with Crippen molar-refractivity contribution in [2.24, 2.45) is 0 Å². The Hall–Kier alpha value is -3.56. The average Bonchev–Trinajstić information content (AvgIpc) is 2.68. The van der Waals surface area contributed by atoms with E-state index in [1.54, 1.807) is 13.8 Å². The van der Waals surface area contributed by atoms with Crippen LogP contribution in [0.3, 0.4) is 0 Å². The van der Waals surface area contributed by atoms with E-state index in [9.17, 15) is 23.6 Å². The van der Waals surface area contributed by atoms with E-state index in [-0.39, 0.29) is 43.1 Å². The first-order chi connectivity index (χ1) is 13.8. The smallest absolute Gasteiger partial charge is 0.360 e. The Balaban J connectivity index is 2.33. The van der Waals surface area contributed by atoms with Gasteiger partial charge in [0.25, 0.3) is 5.56 Å². The number of carbonyl (C=O) groups excluding carboxylic acids is 3. The highest BCUT2D eigenvalue weighted by Crippen LogP contribution is 2.15. The van der Waals surface area contributed by atoms with Crippen LogP contribution in [0, 0.1) is 5.82 Å². The van der Waals surface area contributed by atoms with Crippen LogP contribution in [0.4, 0.5) is 10.1 Å². The van der Waals surface area contributed by atoms with Crippen molar-refractivity contribution in [1.82, 2.24) is 9.78 Å². The van der Waals surface area contributed by atoms with Crippen LogP contribution in [0.5, 0.6) is 0 Å². The van der Waals surface area contributed by atoms with Gasteiger partial charge in [-0.2, -0.15) is 9.78 Å². The van der Waals surface area contributed by atoms with Crippen molar-refractivity contribution < 1.29 is 28.2 Å². The van der Waals surface area contributed by atoms with Crippen molar-refractivity contribution in [1.29, 1.82) is 0 Å². The molecule has 1 aromatic carbocycles. The van der Waals surface area contributed by atoms with Gasteiger partial charge < -0.3 is 14.8 Å². The maximum Gasteiger partial charge on any atom is 0.360 e. The molecule has 0 atom stereocenters. The Kier molecular flexibility index (Phi) is 7.58. The summed E-state index contributed by atoms with van der Waals surface area (Å²) in [7, 11) is 0. The molecule has 0 aliphatic carbocycles. The van der Waals surface area contributed by atoms with Gasteiger partial charge in [0.1, 0.15) is 5.82 Å². The second kappa shape index (κ2) is 10.1. The number of ether oxygens (including phenoxy) is 2. The average molecular weight is 405 g/mol. The van der Waals surface area contributed by atoms with Crippen LogP contribution in [0.25, 0.3) is 5.69 Å². The normalized spacial score (nSPS) is 10.3. The number of nitrogens with one attached hydrogen (secondary N) is 1. The van der Waals surface area contributed by atoms with E-state index in [2.05, 4.69) is 10.4 Å². The molecule has 0 radical (unpaired) electrons. The van der Waals surface area contributed by atoms with E-state index in [1.807, 2.05) is 0 Å². The molecule has 10 heteroatoms. The van der Waals surface area contributed by atoms with Gasteiger partial charge in [-0.1, -0.05) is 0 Å². The highest BCUT2D eigenvalue weighted by Gasteiger charge is 2.20. The van der Waals surface area contributed by atoms with E-state index >= 15 is 0 Å². The van der Waals surface area contributed by atoms with Gasteiger partial charge in [0.2, 0.25) is 5.91 Å². The minimum absolute atomic E-state index is 0.0480. The number of hydrogen-bond donors (Lipinski definition) is 1. The molecule has 0 aliphatic heterocycles. The number of aromatic nitrogens is 2. The molecule has 0 saturated carbocycles. The van der Waals surface area contributed by atoms with E-state index in [4.69, 9.17) is 9.47 Å². The molecule has 1 N–H and O–H groups in total. The maximum atomic E-state index is 13.1. The monoisotopic (exact) mass is 405 g/mol. The zero-order valence-electron chi connectivity index (χ0n) is 15.9. The molecular formula is C19H20FN3O6. The first-order valence-corrected chi connectivity index (χ1v) is 8.88. The third-order valence-electron chi connectivity index (χ3n) is 3.61. The maximum absolute atomic E-state index is 13.1. The molecule has 0 aliphatic rings. The van der Waals surface area contributed by atoms with Crippen molar-refractivity contribution in [3.8, 4) is 5.69 Å². The van der Waals surface area contributed by atoms with E-state index in [0.717, 1.165) is 22.9 Å². The number of esters is 2. The SMILES string of the molecule is CCOC(=O)CCC(=O)Nc1cc(=O)n(-c2ccc(F)cc2)nc1C(=O)OCC. The van der Waals surface area contributed by atoms with Gasteiger partial charge in [0.15, 0.2) is 5.69 Å². The largest absolute Gasteiger partial charge is 0.466 e. The number of nitrogens with zero attached hydrogens (tertiary/aromatic N) is 2. The molecule has 29 heavy (non-hydrogen) atoms. The first-order valence-electron chi connectivity index (χ1n) is 8.88. The van der Waals surface area contributed by atoms with Crippen LogP contribution in [0.1, 0.15) is 37.2 Å². The quantitative estimate of drug-likeness (QED) is 0.666. The molecule has 0 fully saturated rings. The van der Waals surface area contributed by atoms with E-state index in [0.29, 0.717) is 0 Å². The Labute approximate surface area is 165 Å². The van der Waals surface area contributed by atoms with Crippen molar-refractivity contribution in [2.45, 2.75) is 26.7 Å². The second-order valence-corrected chi connectivity index (χ2v) is 5.71. The summed E-state index contributed by atoms with van der Waals surface area (Å²) in [4.78, 5) is 48.2. The number of rotatable bonds is 8. The third kappa shape index (κ3) is 5.96. The summed E-state index contributed by atoms with van der Waals surface area (Å²) in [5.74, 6) is -2.51. The summed E-state index contributed by atoms with van der Waals surface area (Å²) in [6.07, 6.45) is -0.364. The predicted molar refractivity (Wildman–Crippen MR) is 100 cm³/mol. The Bertz CT molecular complexity index is 955. The zero-order chi connectivity index (χ0) is 21.4. The molecule has 0 unspecified atom stereocenters. The van der Waals surface area contributed by atoms with Gasteiger partial charge in [-0.3, -0.25) is 14.4 Å². The first kappa shape index (κ1) is 21.7. The molecule has 0 spiro atoms. The van der Waals surface area contributed by atoms with Gasteiger partial charge in [-0.25, -0.2) is 9.18 Å². The lowest BCUT2D eigenvalue weighted by atomic mass is 10.2. The summed E-state index contributed by atoms with van der Waals surface area (Å²) < 4.78 is 23.7. The molecule has 154 valence electrons. The Morgan fingerprint density at radius 1 is 1.07 bits per heavy atom. The van der Waals surface area contributed by atoms with Crippen molar-refractivity contribution in [3.63, 3.8) is 0 Å². The molecule has 1 amide bonds. The zero-order valence-corrected chi connectivity index (χ0v) is 15.9. The van der Waals surface area contributed by atoms with Gasteiger partial charge >= 0.3 is 11.9 Å². The standard InChI is InChI=1S/C19H20FN3O6/c1-3-28-17(26)10-9-15(24)21-14-11-16(25)23(13-7-5-12(20)6-8-13)22-18(14)19(27)29-4-2/h5-8,11H,3-4,9-10H2,1-2H3,(H,21,24). The number of hydrogen-bond acceptors (Lipinski definition) is 7. The minimum Gasteiger partial charge on any atom is -0.466 e. The Morgan fingerprint density at radius 2 is 1.72 bits per heavy atom. The van der Waals surface area contributed by atoms with Crippen molar-refractivity contribution in [2.75, 3.05) is 18.5 Å². The van der Waals surface area contributed by atoms with Gasteiger partial charge in [0.05, 0.1) is 31.0 Å². The van der Waals surface area contributed by atoms with Crippen molar-refractivity contribution in [3.05, 3.63) is 52.2 Å². The molecule has 1 heterocycles. The van der Waals surface area contributed by atoms with Crippen molar-refractivity contribution >= 4 is 23.5 Å². The van der Waals surface area contributed by atoms with E-state index < -0.39 is 29.2 Å². The van der Waals surface area contributed by atoms with Crippen LogP contribution in [0.2, 0.25) is 0 Å². The number of carbonyl (C=O) groups is 3. The number of benzene rings is 1. The fourth-order valence-corrected chi connectivity index (χ4v) is 2.33. The lowest BCUT2D eigenvalue weighted by Gasteiger charge is -2.12. The second-order valence-electron chi connectivity index (χ2n) is 5.71. The lowest BCUT2D eigenvalue weighted by Crippen LogP contribution is -2.27. The molecule has 1 aromatic heterocycles. The van der Waals surface area contributed by atoms with Crippen LogP contribution in [-0.2, 0) is 19.1 Å². The van der Waals surface area contributed by atoms with Crippen LogP contribution in [-0.4, -0.2) is 40.8 Å². The predicted octanol–water partition coefficient (Wildman–Crippen LogP) is 1.83. The summed E-state index contributed by atoms with van der Waals surface area (Å²) in [5.41, 5.74) is -0.895. The number of halogens is 1. The third-order valence-corrected chi connectivity index (χ3v) is 3.61. The summed E-state index contributed by atoms with van der Waals surface area (Å²) in [5, 5.41) is 6.36. The highest BCUT2D eigenvalue weighted by atomic mass is 19.1. The molecule has 9 nitrogen and oxygen atoms in total. The Morgan fingerprint density at radius 3 is 2.34 bits per heavy atom. The summed E-state index contributed by atoms with van der Waals surface area (Å²) in [6.45, 7) is 3.47. The van der Waals surface area contributed by atoms with Gasteiger partial charge in [-0.05, 0) is 38.1 Å². The molecule has 0 saturated heterocycles. The summed E-state index contributed by atoms with van der Waals surface area (Å²) in [6, 6.07) is 5.91. The summed E-state index contributed by atoms with van der Waals surface area (Å²) >= 11 is 0. The van der Waals surface area contributed by atoms with Crippen LogP contribution >= 0.6 is 0 Å². The fraction of sp³-hybridized carbons (Fsp3) is 0.316. The van der Waals surface area contributed by atoms with Gasteiger partial charge in [-0.15, -0.1) is 0 Å². The van der Waals surface area contributed by atoms with Gasteiger partial charge in [0, 0.05) is 12.5 Å². The lowest BCUT2D eigenvalue weighted by molar-refractivity contribution is -0.144. The highest BCUT2D eigenvalue weighted by molar-refractivity contribution is 6.00. The van der Waals surface area contributed by atoms with Crippen LogP contribution < -0.4 is 10.9 Å². The number of anilines is 1. The molecular weight excluding hydrogens is 385 g/mol.